The Morgan fingerprint density at radius 2 is 1.92 bits per heavy atom. The zero-order valence-electron chi connectivity index (χ0n) is 13.0. The Labute approximate surface area is 135 Å². The zero-order valence-corrected chi connectivity index (χ0v) is 13.0. The lowest BCUT2D eigenvalue weighted by molar-refractivity contribution is -0.227. The van der Waals surface area contributed by atoms with E-state index in [1.54, 1.807) is 0 Å². The van der Waals surface area contributed by atoms with Crippen LogP contribution < -0.4 is 9.47 Å². The normalized spacial score (nSPS) is 20.8. The molecule has 1 aromatic rings. The van der Waals surface area contributed by atoms with E-state index < -0.39 is 36.4 Å². The third-order valence-electron chi connectivity index (χ3n) is 4.15. The predicted octanol–water partition coefficient (Wildman–Crippen LogP) is 2.18. The average Bonchev–Trinajstić information content (AvgIpc) is 3.00. The van der Waals surface area contributed by atoms with Crippen molar-refractivity contribution in [1.29, 1.82) is 0 Å². The van der Waals surface area contributed by atoms with Crippen LogP contribution >= 0.6 is 0 Å². The summed E-state index contributed by atoms with van der Waals surface area (Å²) in [5.74, 6) is -2.22. The maximum Gasteiger partial charge on any atom is 0.406 e. The van der Waals surface area contributed by atoms with Crippen LogP contribution in [0.15, 0.2) is 18.2 Å². The van der Waals surface area contributed by atoms with Crippen LogP contribution in [0.1, 0.15) is 16.8 Å². The minimum Gasteiger partial charge on any atom is -0.497 e. The summed E-state index contributed by atoms with van der Waals surface area (Å²) in [5, 5.41) is 9.05. The average molecular weight is 347 g/mol. The molecule has 1 atom stereocenters. The first-order valence-electron chi connectivity index (χ1n) is 6.97. The van der Waals surface area contributed by atoms with E-state index in [0.717, 1.165) is 4.90 Å². The summed E-state index contributed by atoms with van der Waals surface area (Å²) < 4.78 is 49.7. The monoisotopic (exact) mass is 347 g/mol. The number of alkyl halides is 3. The van der Waals surface area contributed by atoms with Crippen molar-refractivity contribution in [3.05, 3.63) is 23.8 Å². The van der Waals surface area contributed by atoms with Crippen molar-refractivity contribution >= 4 is 11.9 Å². The lowest BCUT2D eigenvalue weighted by Gasteiger charge is -2.27. The Bertz CT molecular complexity index is 661. The number of aliphatic carboxylic acids is 1. The molecule has 24 heavy (non-hydrogen) atoms. The summed E-state index contributed by atoms with van der Waals surface area (Å²) >= 11 is 0. The summed E-state index contributed by atoms with van der Waals surface area (Å²) in [5.41, 5.74) is -2.94. The van der Waals surface area contributed by atoms with Crippen LogP contribution in [-0.4, -0.2) is 55.4 Å². The summed E-state index contributed by atoms with van der Waals surface area (Å²) in [4.78, 5) is 24.6. The Morgan fingerprint density at radius 1 is 1.25 bits per heavy atom. The molecule has 1 aliphatic rings. The topological polar surface area (TPSA) is 76.1 Å². The van der Waals surface area contributed by atoms with E-state index >= 15 is 0 Å². The molecule has 1 amide bonds. The number of ether oxygens (including phenoxy) is 2. The van der Waals surface area contributed by atoms with Gasteiger partial charge < -0.3 is 19.5 Å². The zero-order chi connectivity index (χ0) is 18.1. The van der Waals surface area contributed by atoms with E-state index in [9.17, 15) is 22.8 Å². The molecule has 0 spiro atoms. The van der Waals surface area contributed by atoms with Crippen molar-refractivity contribution in [2.24, 2.45) is 5.41 Å². The molecule has 0 aliphatic carbocycles. The molecule has 1 fully saturated rings. The summed E-state index contributed by atoms with van der Waals surface area (Å²) in [6, 6.07) is 4.34. The van der Waals surface area contributed by atoms with E-state index in [1.807, 2.05) is 0 Å². The van der Waals surface area contributed by atoms with Gasteiger partial charge in [-0.15, -0.1) is 0 Å². The van der Waals surface area contributed by atoms with E-state index in [1.165, 1.54) is 32.4 Å². The van der Waals surface area contributed by atoms with Gasteiger partial charge in [0.1, 0.15) is 11.5 Å². The third-order valence-corrected chi connectivity index (χ3v) is 4.15. The highest BCUT2D eigenvalue weighted by Gasteiger charge is 2.64. The second kappa shape index (κ2) is 6.21. The number of carbonyl (C=O) groups is 2. The van der Waals surface area contributed by atoms with Gasteiger partial charge in [-0.2, -0.15) is 13.2 Å². The Kier molecular flexibility index (Phi) is 4.63. The highest BCUT2D eigenvalue weighted by atomic mass is 19.4. The molecule has 1 saturated heterocycles. The number of likely N-dealkylation sites (tertiary alicyclic amines) is 1. The first-order chi connectivity index (χ1) is 11.2. The maximum atomic E-state index is 13.2. The van der Waals surface area contributed by atoms with Crippen molar-refractivity contribution in [3.63, 3.8) is 0 Å². The van der Waals surface area contributed by atoms with Crippen molar-refractivity contribution in [2.45, 2.75) is 12.6 Å². The molecule has 1 aliphatic heterocycles. The molecular formula is C15H16F3NO5. The Morgan fingerprint density at radius 3 is 2.38 bits per heavy atom. The van der Waals surface area contributed by atoms with Crippen LogP contribution in [0, 0.1) is 5.41 Å². The largest absolute Gasteiger partial charge is 0.497 e. The second-order valence-corrected chi connectivity index (χ2v) is 5.43. The number of hydrogen-bond donors (Lipinski definition) is 1. The van der Waals surface area contributed by atoms with Crippen molar-refractivity contribution in [1.82, 2.24) is 4.90 Å². The number of nitrogens with zero attached hydrogens (tertiary/aromatic N) is 1. The lowest BCUT2D eigenvalue weighted by atomic mass is 9.86. The number of halogens is 3. The third kappa shape index (κ3) is 2.85. The van der Waals surface area contributed by atoms with Crippen molar-refractivity contribution < 1.29 is 37.3 Å². The van der Waals surface area contributed by atoms with Crippen molar-refractivity contribution in [3.8, 4) is 11.5 Å². The number of rotatable bonds is 4. The molecule has 2 rings (SSSR count). The molecule has 1 unspecified atom stereocenters. The molecule has 0 bridgehead atoms. The smallest absolute Gasteiger partial charge is 0.406 e. The lowest BCUT2D eigenvalue weighted by Crippen LogP contribution is -2.47. The molecule has 1 aromatic carbocycles. The number of amides is 1. The number of methoxy groups -OCH3 is 2. The minimum absolute atomic E-state index is 0.0141. The predicted molar refractivity (Wildman–Crippen MR) is 76.2 cm³/mol. The van der Waals surface area contributed by atoms with Gasteiger partial charge in [-0.1, -0.05) is 0 Å². The number of carbonyl (C=O) groups excluding carboxylic acids is 1. The van der Waals surface area contributed by atoms with Gasteiger partial charge in [0.15, 0.2) is 5.41 Å². The molecule has 6 nitrogen and oxygen atoms in total. The van der Waals surface area contributed by atoms with E-state index in [0.29, 0.717) is 5.75 Å². The van der Waals surface area contributed by atoms with Gasteiger partial charge >= 0.3 is 12.1 Å². The minimum atomic E-state index is -4.95. The van der Waals surface area contributed by atoms with Crippen LogP contribution in [0.25, 0.3) is 0 Å². The van der Waals surface area contributed by atoms with Gasteiger partial charge in [0.25, 0.3) is 5.91 Å². The van der Waals surface area contributed by atoms with Crippen LogP contribution in [0.5, 0.6) is 11.5 Å². The molecule has 0 aromatic heterocycles. The van der Waals surface area contributed by atoms with Gasteiger partial charge in [-0.3, -0.25) is 9.59 Å². The second-order valence-electron chi connectivity index (χ2n) is 5.43. The van der Waals surface area contributed by atoms with Crippen LogP contribution in [0.2, 0.25) is 0 Å². The van der Waals surface area contributed by atoms with Gasteiger partial charge in [-0.05, 0) is 24.6 Å². The van der Waals surface area contributed by atoms with Crippen LogP contribution in [-0.2, 0) is 4.79 Å². The molecule has 0 saturated carbocycles. The van der Waals surface area contributed by atoms with Gasteiger partial charge in [0.05, 0.1) is 19.8 Å². The molecule has 132 valence electrons. The fourth-order valence-corrected chi connectivity index (χ4v) is 2.66. The first-order valence-corrected chi connectivity index (χ1v) is 6.97. The number of hydrogen-bond acceptors (Lipinski definition) is 4. The molecular weight excluding hydrogens is 331 g/mol. The van der Waals surface area contributed by atoms with Gasteiger partial charge in [-0.25, -0.2) is 0 Å². The van der Waals surface area contributed by atoms with Crippen LogP contribution in [0.4, 0.5) is 13.2 Å². The summed E-state index contributed by atoms with van der Waals surface area (Å²) in [7, 11) is 2.70. The highest BCUT2D eigenvalue weighted by Crippen LogP contribution is 2.46. The quantitative estimate of drug-likeness (QED) is 0.904. The molecule has 9 heteroatoms. The Hall–Kier alpha value is -2.45. The van der Waals surface area contributed by atoms with E-state index in [-0.39, 0.29) is 17.9 Å². The highest BCUT2D eigenvalue weighted by molar-refractivity contribution is 5.98. The van der Waals surface area contributed by atoms with Crippen molar-refractivity contribution in [2.75, 3.05) is 27.3 Å². The number of carboxylic acids is 1. The fourth-order valence-electron chi connectivity index (χ4n) is 2.66. The summed E-state index contributed by atoms with van der Waals surface area (Å²) in [6.07, 6.45) is -5.64. The fraction of sp³-hybridized carbons (Fsp3) is 0.467. The van der Waals surface area contributed by atoms with Gasteiger partial charge in [0.2, 0.25) is 0 Å². The first kappa shape index (κ1) is 17.9. The standard InChI is InChI=1S/C15H16F3NO5/c1-23-9-3-4-11(24-2)10(7-9)12(20)19-6-5-14(8-19,13(21)22)15(16,17)18/h3-4,7H,5-6,8H2,1-2H3,(H,21,22). The molecule has 0 radical (unpaired) electrons. The number of benzene rings is 1. The van der Waals surface area contributed by atoms with E-state index in [4.69, 9.17) is 14.6 Å². The molecule has 1 heterocycles. The summed E-state index contributed by atoms with van der Waals surface area (Å²) in [6.45, 7) is -1.25. The van der Waals surface area contributed by atoms with Gasteiger partial charge in [0, 0.05) is 13.1 Å². The molecule has 1 N–H and O–H groups in total. The van der Waals surface area contributed by atoms with Crippen LogP contribution in [0.3, 0.4) is 0 Å². The number of carboxylic acid groups (broad SMARTS) is 1. The van der Waals surface area contributed by atoms with E-state index in [2.05, 4.69) is 0 Å². The maximum absolute atomic E-state index is 13.2. The Balaban J connectivity index is 2.34. The SMILES string of the molecule is COc1ccc(OC)c(C(=O)N2CCC(C(=O)O)(C(F)(F)F)C2)c1.